The van der Waals surface area contributed by atoms with Crippen molar-refractivity contribution >= 4 is 40.7 Å². The van der Waals surface area contributed by atoms with Gasteiger partial charge in [-0.05, 0) is 24.3 Å². The molecule has 0 radical (unpaired) electrons. The zero-order chi connectivity index (χ0) is 19.4. The number of carbonyl (C=O) groups is 2. The van der Waals surface area contributed by atoms with Crippen molar-refractivity contribution in [3.8, 4) is 11.5 Å². The number of ether oxygens (including phenoxy) is 2. The zero-order valence-corrected chi connectivity index (χ0v) is 16.2. The molecule has 1 N–H and O–H groups in total. The van der Waals surface area contributed by atoms with E-state index in [1.165, 1.54) is 43.4 Å². The van der Waals surface area contributed by atoms with Crippen LogP contribution in [0.15, 0.2) is 30.3 Å². The number of halogens is 2. The van der Waals surface area contributed by atoms with Crippen molar-refractivity contribution in [2.24, 2.45) is 0 Å². The Balaban J connectivity index is 2.49. The number of carbonyl (C=O) groups excluding carboxylic acids is 2. The molecule has 0 atom stereocenters. The number of methoxy groups -OCH3 is 2. The molecule has 2 aromatic carbocycles. The number of rotatable bonds is 5. The van der Waals surface area contributed by atoms with Gasteiger partial charge in [-0.1, -0.05) is 23.2 Å². The summed E-state index contributed by atoms with van der Waals surface area (Å²) in [5, 5.41) is 3.32. The molecular formula is C18H18Cl2N2O4. The number of benzene rings is 2. The lowest BCUT2D eigenvalue weighted by Gasteiger charge is -2.18. The zero-order valence-electron chi connectivity index (χ0n) is 14.7. The van der Waals surface area contributed by atoms with Gasteiger partial charge in [0.2, 0.25) is 0 Å². The maximum Gasteiger partial charge on any atom is 0.257 e. The smallest absolute Gasteiger partial charge is 0.257 e. The molecule has 0 aliphatic carbocycles. The van der Waals surface area contributed by atoms with Crippen LogP contribution in [0.5, 0.6) is 11.5 Å². The molecule has 0 aliphatic heterocycles. The number of amides is 2. The topological polar surface area (TPSA) is 67.9 Å². The van der Waals surface area contributed by atoms with E-state index < -0.39 is 5.91 Å². The van der Waals surface area contributed by atoms with Crippen molar-refractivity contribution in [1.29, 1.82) is 0 Å². The fraction of sp³-hybridized carbons (Fsp3) is 0.222. The van der Waals surface area contributed by atoms with Crippen LogP contribution in [0, 0.1) is 0 Å². The highest BCUT2D eigenvalue weighted by molar-refractivity contribution is 6.37. The summed E-state index contributed by atoms with van der Waals surface area (Å²) in [6.07, 6.45) is 0. The Morgan fingerprint density at radius 3 is 2.12 bits per heavy atom. The molecule has 0 spiro atoms. The quantitative estimate of drug-likeness (QED) is 0.829. The van der Waals surface area contributed by atoms with Crippen molar-refractivity contribution in [3.05, 3.63) is 51.5 Å². The highest BCUT2D eigenvalue weighted by Gasteiger charge is 2.21. The molecule has 0 aromatic heterocycles. The summed E-state index contributed by atoms with van der Waals surface area (Å²) in [5.41, 5.74) is 0.762. The molecule has 2 aromatic rings. The van der Waals surface area contributed by atoms with Gasteiger partial charge in [-0.15, -0.1) is 0 Å². The highest BCUT2D eigenvalue weighted by atomic mass is 35.5. The molecule has 2 amide bonds. The van der Waals surface area contributed by atoms with Gasteiger partial charge in [0.05, 0.1) is 36.1 Å². The highest BCUT2D eigenvalue weighted by Crippen LogP contribution is 2.34. The Hall–Kier alpha value is -2.44. The van der Waals surface area contributed by atoms with Gasteiger partial charge >= 0.3 is 0 Å². The normalized spacial score (nSPS) is 10.2. The van der Waals surface area contributed by atoms with Gasteiger partial charge in [0.25, 0.3) is 11.8 Å². The number of anilines is 1. The van der Waals surface area contributed by atoms with Crippen molar-refractivity contribution in [1.82, 2.24) is 4.90 Å². The molecule has 8 heteroatoms. The molecule has 0 fully saturated rings. The summed E-state index contributed by atoms with van der Waals surface area (Å²) in [6.45, 7) is 0. The first-order valence-electron chi connectivity index (χ1n) is 7.52. The van der Waals surface area contributed by atoms with Crippen LogP contribution in [0.4, 0.5) is 5.69 Å². The van der Waals surface area contributed by atoms with E-state index in [4.69, 9.17) is 32.7 Å². The van der Waals surface area contributed by atoms with E-state index >= 15 is 0 Å². The lowest BCUT2D eigenvalue weighted by Crippen LogP contribution is -2.24. The van der Waals surface area contributed by atoms with Crippen LogP contribution >= 0.6 is 23.2 Å². The molecule has 0 saturated carbocycles. The third-order valence-electron chi connectivity index (χ3n) is 3.58. The van der Waals surface area contributed by atoms with Gasteiger partial charge < -0.3 is 19.7 Å². The third-order valence-corrected chi connectivity index (χ3v) is 4.13. The molecule has 138 valence electrons. The van der Waals surface area contributed by atoms with Crippen LogP contribution in [0.25, 0.3) is 0 Å². The van der Waals surface area contributed by atoms with Crippen molar-refractivity contribution < 1.29 is 19.1 Å². The Labute approximate surface area is 161 Å². The van der Waals surface area contributed by atoms with Gasteiger partial charge in [-0.25, -0.2) is 0 Å². The number of hydrogen-bond acceptors (Lipinski definition) is 4. The van der Waals surface area contributed by atoms with Gasteiger partial charge in [0, 0.05) is 25.2 Å². The van der Waals surface area contributed by atoms with Crippen LogP contribution in [-0.2, 0) is 0 Å². The van der Waals surface area contributed by atoms with E-state index in [-0.39, 0.29) is 27.7 Å². The summed E-state index contributed by atoms with van der Waals surface area (Å²) >= 11 is 11.9. The second-order valence-corrected chi connectivity index (χ2v) is 6.37. The maximum atomic E-state index is 12.6. The van der Waals surface area contributed by atoms with Gasteiger partial charge in [-0.2, -0.15) is 0 Å². The molecule has 0 unspecified atom stereocenters. The fourth-order valence-corrected chi connectivity index (χ4v) is 2.76. The Morgan fingerprint density at radius 1 is 0.962 bits per heavy atom. The van der Waals surface area contributed by atoms with Gasteiger partial charge in [0.1, 0.15) is 0 Å². The molecule has 26 heavy (non-hydrogen) atoms. The number of hydrogen-bond donors (Lipinski definition) is 1. The maximum absolute atomic E-state index is 12.6. The summed E-state index contributed by atoms with van der Waals surface area (Å²) < 4.78 is 10.5. The Kier molecular flexibility index (Phi) is 6.34. The lowest BCUT2D eigenvalue weighted by molar-refractivity contribution is 0.0828. The molecule has 0 heterocycles. The largest absolute Gasteiger partial charge is 0.493 e. The van der Waals surface area contributed by atoms with Crippen LogP contribution in [0.3, 0.4) is 0 Å². The van der Waals surface area contributed by atoms with Gasteiger partial charge in [0.15, 0.2) is 11.5 Å². The number of nitrogens with one attached hydrogen (secondary N) is 1. The van der Waals surface area contributed by atoms with E-state index in [1.807, 2.05) is 0 Å². The summed E-state index contributed by atoms with van der Waals surface area (Å²) in [7, 11) is 6.15. The predicted octanol–water partition coefficient (Wildman–Crippen LogP) is 3.96. The molecule has 6 nitrogen and oxygen atoms in total. The van der Waals surface area contributed by atoms with E-state index in [0.717, 1.165) is 0 Å². The van der Waals surface area contributed by atoms with Crippen molar-refractivity contribution in [3.63, 3.8) is 0 Å². The average molecular weight is 397 g/mol. The second kappa shape index (κ2) is 8.29. The molecule has 0 saturated heterocycles. The molecule has 0 bridgehead atoms. The minimum absolute atomic E-state index is 0.205. The first kappa shape index (κ1) is 19.9. The molecular weight excluding hydrogens is 379 g/mol. The first-order chi connectivity index (χ1) is 12.3. The van der Waals surface area contributed by atoms with Crippen molar-refractivity contribution in [2.75, 3.05) is 33.6 Å². The first-order valence-corrected chi connectivity index (χ1v) is 8.28. The van der Waals surface area contributed by atoms with E-state index in [1.54, 1.807) is 20.2 Å². The molecule has 0 aliphatic rings. The van der Waals surface area contributed by atoms with Crippen LogP contribution < -0.4 is 14.8 Å². The van der Waals surface area contributed by atoms with Crippen molar-refractivity contribution in [2.45, 2.75) is 0 Å². The SMILES string of the molecule is COc1cc(NC(=O)c2ccc(Cl)cc2Cl)c(C(=O)N(C)C)cc1OC. The minimum Gasteiger partial charge on any atom is -0.493 e. The predicted molar refractivity (Wildman–Crippen MR) is 102 cm³/mol. The second-order valence-electron chi connectivity index (χ2n) is 5.53. The Bertz CT molecular complexity index is 853. The van der Waals surface area contributed by atoms with Crippen LogP contribution in [0.2, 0.25) is 10.0 Å². The standard InChI is InChI=1S/C18H18Cl2N2O4/c1-22(2)18(24)12-8-15(25-3)16(26-4)9-14(12)21-17(23)11-6-5-10(19)7-13(11)20/h5-9H,1-4H3,(H,21,23). The summed E-state index contributed by atoms with van der Waals surface area (Å²) in [4.78, 5) is 26.5. The lowest BCUT2D eigenvalue weighted by atomic mass is 10.1. The summed E-state index contributed by atoms with van der Waals surface area (Å²) in [6, 6.07) is 7.58. The Morgan fingerprint density at radius 2 is 1.58 bits per heavy atom. The third kappa shape index (κ3) is 4.20. The van der Waals surface area contributed by atoms with E-state index in [0.29, 0.717) is 16.5 Å². The van der Waals surface area contributed by atoms with Crippen LogP contribution in [-0.4, -0.2) is 45.0 Å². The van der Waals surface area contributed by atoms with E-state index in [9.17, 15) is 9.59 Å². The summed E-state index contributed by atoms with van der Waals surface area (Å²) in [5.74, 6) is -0.0318. The monoisotopic (exact) mass is 396 g/mol. The fourth-order valence-electron chi connectivity index (χ4n) is 2.26. The minimum atomic E-state index is -0.480. The molecule has 2 rings (SSSR count). The van der Waals surface area contributed by atoms with Gasteiger partial charge in [-0.3, -0.25) is 9.59 Å². The van der Waals surface area contributed by atoms with Crippen LogP contribution in [0.1, 0.15) is 20.7 Å². The van der Waals surface area contributed by atoms with E-state index in [2.05, 4.69) is 5.32 Å². The average Bonchev–Trinajstić information content (AvgIpc) is 2.60. The number of nitrogens with zero attached hydrogens (tertiary/aromatic N) is 1.